The number of nitrogens with zero attached hydrogens (tertiary/aromatic N) is 2. The first-order valence-electron chi connectivity index (χ1n) is 6.44. The molecule has 0 bridgehead atoms. The van der Waals surface area contributed by atoms with Crippen LogP contribution in [0.25, 0.3) is 11.5 Å². The molecule has 2 aromatic heterocycles. The van der Waals surface area contributed by atoms with Crippen molar-refractivity contribution in [2.45, 2.75) is 32.1 Å². The summed E-state index contributed by atoms with van der Waals surface area (Å²) in [6.45, 7) is 2.08. The minimum atomic E-state index is -0.0554. The number of H-pyrrole nitrogens is 1. The predicted octanol–water partition coefficient (Wildman–Crippen LogP) is 2.88. The SMILES string of the molecule is CCc1cccnc1-c1nc(C2CC2)c(I)c(=O)[nH]1. The first-order chi connectivity index (χ1) is 9.20. The van der Waals surface area contributed by atoms with E-state index >= 15 is 0 Å². The van der Waals surface area contributed by atoms with Crippen LogP contribution < -0.4 is 5.56 Å². The molecule has 2 heterocycles. The van der Waals surface area contributed by atoms with Gasteiger partial charge >= 0.3 is 0 Å². The molecule has 0 saturated heterocycles. The van der Waals surface area contributed by atoms with E-state index in [4.69, 9.17) is 0 Å². The maximum atomic E-state index is 12.0. The molecule has 0 amide bonds. The van der Waals surface area contributed by atoms with Crippen LogP contribution in [0.15, 0.2) is 23.1 Å². The molecule has 1 saturated carbocycles. The summed E-state index contributed by atoms with van der Waals surface area (Å²) >= 11 is 2.09. The van der Waals surface area contributed by atoms with Crippen molar-refractivity contribution < 1.29 is 0 Å². The molecule has 2 aromatic rings. The molecule has 19 heavy (non-hydrogen) atoms. The van der Waals surface area contributed by atoms with Gasteiger partial charge in [0.1, 0.15) is 9.26 Å². The van der Waals surface area contributed by atoms with Gasteiger partial charge in [-0.25, -0.2) is 4.98 Å². The molecule has 0 aliphatic heterocycles. The lowest BCUT2D eigenvalue weighted by atomic mass is 10.1. The fourth-order valence-electron chi connectivity index (χ4n) is 2.15. The van der Waals surface area contributed by atoms with Gasteiger partial charge in [0, 0.05) is 12.1 Å². The van der Waals surface area contributed by atoms with E-state index in [0.717, 1.165) is 39.8 Å². The lowest BCUT2D eigenvalue weighted by Gasteiger charge is -2.08. The average molecular weight is 367 g/mol. The summed E-state index contributed by atoms with van der Waals surface area (Å²) < 4.78 is 0.720. The van der Waals surface area contributed by atoms with Crippen LogP contribution in [0.5, 0.6) is 0 Å². The molecular formula is C14H14IN3O. The van der Waals surface area contributed by atoms with E-state index in [1.165, 1.54) is 0 Å². The van der Waals surface area contributed by atoms with Crippen molar-refractivity contribution in [3.63, 3.8) is 0 Å². The fraction of sp³-hybridized carbons (Fsp3) is 0.357. The third-order valence-corrected chi connectivity index (χ3v) is 4.39. The van der Waals surface area contributed by atoms with Gasteiger partial charge in [0.2, 0.25) is 0 Å². The molecule has 0 atom stereocenters. The number of aryl methyl sites for hydroxylation is 1. The molecule has 1 aliphatic rings. The van der Waals surface area contributed by atoms with Crippen molar-refractivity contribution in [3.8, 4) is 11.5 Å². The molecule has 0 unspecified atom stereocenters. The second-order valence-electron chi connectivity index (χ2n) is 4.75. The fourth-order valence-corrected chi connectivity index (χ4v) is 2.85. The Morgan fingerprint density at radius 3 is 2.95 bits per heavy atom. The predicted molar refractivity (Wildman–Crippen MR) is 82.2 cm³/mol. The number of aromatic nitrogens is 3. The van der Waals surface area contributed by atoms with Crippen LogP contribution in [-0.4, -0.2) is 15.0 Å². The van der Waals surface area contributed by atoms with Crippen LogP contribution in [0, 0.1) is 3.57 Å². The molecule has 98 valence electrons. The second-order valence-corrected chi connectivity index (χ2v) is 5.83. The van der Waals surface area contributed by atoms with Crippen molar-refractivity contribution in [1.82, 2.24) is 15.0 Å². The maximum Gasteiger partial charge on any atom is 0.264 e. The zero-order chi connectivity index (χ0) is 13.4. The third kappa shape index (κ3) is 2.43. The van der Waals surface area contributed by atoms with E-state index in [1.54, 1.807) is 6.20 Å². The monoisotopic (exact) mass is 367 g/mol. The number of aromatic amines is 1. The lowest BCUT2D eigenvalue weighted by Crippen LogP contribution is -2.16. The van der Waals surface area contributed by atoms with Gasteiger partial charge in [-0.2, -0.15) is 0 Å². The summed E-state index contributed by atoms with van der Waals surface area (Å²) in [6, 6.07) is 3.94. The molecular weight excluding hydrogens is 353 g/mol. The van der Waals surface area contributed by atoms with Crippen LogP contribution >= 0.6 is 22.6 Å². The van der Waals surface area contributed by atoms with Crippen molar-refractivity contribution in [3.05, 3.63) is 43.5 Å². The highest BCUT2D eigenvalue weighted by molar-refractivity contribution is 14.1. The lowest BCUT2D eigenvalue weighted by molar-refractivity contribution is 0.946. The van der Waals surface area contributed by atoms with Gasteiger partial charge < -0.3 is 4.98 Å². The number of pyridine rings is 1. The van der Waals surface area contributed by atoms with E-state index in [0.29, 0.717) is 11.7 Å². The van der Waals surface area contributed by atoms with Crippen LogP contribution in [0.4, 0.5) is 0 Å². The highest BCUT2D eigenvalue weighted by Crippen LogP contribution is 2.40. The van der Waals surface area contributed by atoms with Crippen LogP contribution in [0.1, 0.15) is 36.9 Å². The smallest absolute Gasteiger partial charge is 0.264 e. The topological polar surface area (TPSA) is 58.6 Å². The van der Waals surface area contributed by atoms with Crippen molar-refractivity contribution in [2.75, 3.05) is 0 Å². The maximum absolute atomic E-state index is 12.0. The summed E-state index contributed by atoms with van der Waals surface area (Å²) in [5, 5.41) is 0. The van der Waals surface area contributed by atoms with Gasteiger partial charge in [0.25, 0.3) is 5.56 Å². The van der Waals surface area contributed by atoms with Gasteiger partial charge in [0.15, 0.2) is 5.82 Å². The van der Waals surface area contributed by atoms with E-state index in [9.17, 15) is 4.79 Å². The van der Waals surface area contributed by atoms with Gasteiger partial charge in [-0.3, -0.25) is 9.78 Å². The first kappa shape index (κ1) is 12.8. The minimum Gasteiger partial charge on any atom is -0.304 e. The second kappa shape index (κ2) is 5.03. The first-order valence-corrected chi connectivity index (χ1v) is 7.52. The molecule has 3 rings (SSSR count). The van der Waals surface area contributed by atoms with Gasteiger partial charge in [-0.05, 0) is 53.5 Å². The van der Waals surface area contributed by atoms with E-state index < -0.39 is 0 Å². The molecule has 0 aromatic carbocycles. The number of rotatable bonds is 3. The van der Waals surface area contributed by atoms with Gasteiger partial charge in [-0.1, -0.05) is 13.0 Å². The minimum absolute atomic E-state index is 0.0554. The molecule has 4 nitrogen and oxygen atoms in total. The molecule has 1 N–H and O–H groups in total. The van der Waals surface area contributed by atoms with Crippen molar-refractivity contribution in [2.24, 2.45) is 0 Å². The quantitative estimate of drug-likeness (QED) is 0.849. The van der Waals surface area contributed by atoms with E-state index in [-0.39, 0.29) is 5.56 Å². The largest absolute Gasteiger partial charge is 0.304 e. The van der Waals surface area contributed by atoms with Crippen molar-refractivity contribution in [1.29, 1.82) is 0 Å². The van der Waals surface area contributed by atoms with Crippen LogP contribution in [0.3, 0.4) is 0 Å². The number of nitrogens with one attached hydrogen (secondary N) is 1. The third-order valence-electron chi connectivity index (χ3n) is 3.35. The van der Waals surface area contributed by atoms with Crippen LogP contribution in [0.2, 0.25) is 0 Å². The van der Waals surface area contributed by atoms with Gasteiger partial charge in [-0.15, -0.1) is 0 Å². The summed E-state index contributed by atoms with van der Waals surface area (Å²) in [4.78, 5) is 23.9. The highest BCUT2D eigenvalue weighted by atomic mass is 127. The Hall–Kier alpha value is -1.24. The summed E-state index contributed by atoms with van der Waals surface area (Å²) in [5.41, 5.74) is 2.78. The number of hydrogen-bond donors (Lipinski definition) is 1. The van der Waals surface area contributed by atoms with Crippen molar-refractivity contribution >= 4 is 22.6 Å². The molecule has 1 fully saturated rings. The zero-order valence-corrected chi connectivity index (χ0v) is 12.8. The molecule has 1 aliphatic carbocycles. The highest BCUT2D eigenvalue weighted by Gasteiger charge is 2.29. The summed E-state index contributed by atoms with van der Waals surface area (Å²) in [7, 11) is 0. The van der Waals surface area contributed by atoms with E-state index in [2.05, 4.69) is 44.5 Å². The Morgan fingerprint density at radius 2 is 2.26 bits per heavy atom. The zero-order valence-electron chi connectivity index (χ0n) is 10.6. The average Bonchev–Trinajstić information content (AvgIpc) is 3.26. The summed E-state index contributed by atoms with van der Waals surface area (Å²) in [6.07, 6.45) is 4.88. The molecule has 0 radical (unpaired) electrons. The Labute approximate surface area is 124 Å². The van der Waals surface area contributed by atoms with Crippen LogP contribution in [-0.2, 0) is 6.42 Å². The molecule has 0 spiro atoms. The standard InChI is InChI=1S/C14H14IN3O/c1-2-8-4-3-7-16-12(8)13-17-11(9-5-6-9)10(15)14(19)18-13/h3-4,7,9H,2,5-6H2,1H3,(H,17,18,19). The number of hydrogen-bond acceptors (Lipinski definition) is 3. The molecule has 5 heteroatoms. The van der Waals surface area contributed by atoms with E-state index in [1.807, 2.05) is 12.1 Å². The Bertz CT molecular complexity index is 677. The Balaban J connectivity index is 2.17. The Morgan fingerprint density at radius 1 is 1.47 bits per heavy atom. The number of halogens is 1. The normalized spacial score (nSPS) is 14.6. The van der Waals surface area contributed by atoms with Gasteiger partial charge in [0.05, 0.1) is 5.69 Å². The summed E-state index contributed by atoms with van der Waals surface area (Å²) in [5.74, 6) is 1.06. The Kier molecular flexibility index (Phi) is 3.38.